The van der Waals surface area contributed by atoms with Crippen molar-refractivity contribution in [1.29, 1.82) is 0 Å². The zero-order chi connectivity index (χ0) is 14.0. The number of carboxylic acid groups (broad SMARTS) is 1. The fraction of sp³-hybridized carbons (Fsp3) is 0.200. The Morgan fingerprint density at radius 1 is 1.58 bits per heavy atom. The molecule has 0 unspecified atom stereocenters. The topological polar surface area (TPSA) is 101 Å². The van der Waals surface area contributed by atoms with E-state index in [2.05, 4.69) is 9.82 Å². The van der Waals surface area contributed by atoms with Gasteiger partial charge in [-0.25, -0.2) is 17.9 Å². The second-order valence-electron chi connectivity index (χ2n) is 3.76. The van der Waals surface area contributed by atoms with Gasteiger partial charge in [0.15, 0.2) is 0 Å². The van der Waals surface area contributed by atoms with Crippen LogP contribution in [0, 0.1) is 0 Å². The Balaban J connectivity index is 2.11. The number of carbonyl (C=O) groups is 1. The molecule has 0 saturated carbocycles. The molecule has 0 radical (unpaired) electrons. The highest BCUT2D eigenvalue weighted by Crippen LogP contribution is 2.20. The maximum atomic E-state index is 11.9. The molecule has 2 N–H and O–H groups in total. The Bertz CT molecular complexity index is 702. The molecular weight excluding hydrogens is 290 g/mol. The zero-order valence-corrected chi connectivity index (χ0v) is 11.5. The lowest BCUT2D eigenvalue weighted by Crippen LogP contribution is -2.22. The third-order valence-corrected chi connectivity index (χ3v) is 5.14. The van der Waals surface area contributed by atoms with Gasteiger partial charge in [0.25, 0.3) is 0 Å². The molecule has 0 bridgehead atoms. The molecule has 2 aromatic heterocycles. The lowest BCUT2D eigenvalue weighted by molar-refractivity contribution is 0.0697. The number of hydrogen-bond donors (Lipinski definition) is 2. The SMILES string of the molecule is Cn1ccc(CNS(=O)(=O)c2cc(C(=O)O)cs2)n1. The minimum Gasteiger partial charge on any atom is -0.478 e. The average Bonchev–Trinajstić information content (AvgIpc) is 2.95. The molecule has 2 heterocycles. The van der Waals surface area contributed by atoms with Crippen LogP contribution < -0.4 is 4.72 Å². The molecule has 19 heavy (non-hydrogen) atoms. The van der Waals surface area contributed by atoms with Crippen molar-refractivity contribution < 1.29 is 18.3 Å². The fourth-order valence-corrected chi connectivity index (χ4v) is 3.56. The number of nitrogens with zero attached hydrogens (tertiary/aromatic N) is 2. The van der Waals surface area contributed by atoms with Gasteiger partial charge in [-0.1, -0.05) is 0 Å². The van der Waals surface area contributed by atoms with Crippen LogP contribution in [-0.4, -0.2) is 29.3 Å². The van der Waals surface area contributed by atoms with Gasteiger partial charge in [0.05, 0.1) is 17.8 Å². The molecule has 0 amide bonds. The Labute approximate surface area is 113 Å². The van der Waals surface area contributed by atoms with Crippen LogP contribution in [0.2, 0.25) is 0 Å². The summed E-state index contributed by atoms with van der Waals surface area (Å²) in [6.07, 6.45) is 1.71. The molecule has 0 atom stereocenters. The number of nitrogens with one attached hydrogen (secondary N) is 1. The highest BCUT2D eigenvalue weighted by atomic mass is 32.2. The predicted octanol–water partition coefficient (Wildman–Crippen LogP) is 0.658. The van der Waals surface area contributed by atoms with Crippen molar-refractivity contribution in [2.24, 2.45) is 7.05 Å². The highest BCUT2D eigenvalue weighted by Gasteiger charge is 2.18. The van der Waals surface area contributed by atoms with E-state index >= 15 is 0 Å². The van der Waals surface area contributed by atoms with Crippen molar-refractivity contribution in [2.45, 2.75) is 10.8 Å². The van der Waals surface area contributed by atoms with E-state index in [1.54, 1.807) is 24.0 Å². The zero-order valence-electron chi connectivity index (χ0n) is 9.90. The van der Waals surface area contributed by atoms with Gasteiger partial charge in [-0.05, 0) is 12.1 Å². The molecule has 9 heteroatoms. The highest BCUT2D eigenvalue weighted by molar-refractivity contribution is 7.91. The quantitative estimate of drug-likeness (QED) is 0.844. The summed E-state index contributed by atoms with van der Waals surface area (Å²) in [7, 11) is -1.97. The minimum absolute atomic E-state index is 0.0270. The summed E-state index contributed by atoms with van der Waals surface area (Å²) < 4.78 is 27.8. The molecular formula is C10H11N3O4S2. The van der Waals surface area contributed by atoms with Gasteiger partial charge in [-0.2, -0.15) is 5.10 Å². The van der Waals surface area contributed by atoms with Gasteiger partial charge < -0.3 is 5.11 Å². The summed E-state index contributed by atoms with van der Waals surface area (Å²) in [5, 5.41) is 14.1. The lowest BCUT2D eigenvalue weighted by Gasteiger charge is -2.02. The van der Waals surface area contributed by atoms with Gasteiger partial charge in [-0.15, -0.1) is 11.3 Å². The molecule has 0 fully saturated rings. The number of aromatic carboxylic acids is 1. The minimum atomic E-state index is -3.71. The second kappa shape index (κ2) is 5.11. The first-order valence-corrected chi connectivity index (χ1v) is 7.55. The van der Waals surface area contributed by atoms with Gasteiger partial charge in [0.1, 0.15) is 4.21 Å². The molecule has 0 saturated heterocycles. The Hall–Kier alpha value is -1.71. The molecule has 0 aliphatic carbocycles. The number of aryl methyl sites for hydroxylation is 1. The largest absolute Gasteiger partial charge is 0.478 e. The van der Waals surface area contributed by atoms with Crippen molar-refractivity contribution >= 4 is 27.3 Å². The van der Waals surface area contributed by atoms with Crippen LogP contribution in [0.15, 0.2) is 27.9 Å². The lowest BCUT2D eigenvalue weighted by atomic mass is 10.4. The summed E-state index contributed by atoms with van der Waals surface area (Å²) in [6.45, 7) is 0.0590. The smallest absolute Gasteiger partial charge is 0.336 e. The fourth-order valence-electron chi connectivity index (χ4n) is 1.37. The third-order valence-electron chi connectivity index (χ3n) is 2.30. The van der Waals surface area contributed by atoms with Crippen molar-refractivity contribution in [3.63, 3.8) is 0 Å². The Kier molecular flexibility index (Phi) is 3.69. The Morgan fingerprint density at radius 2 is 2.32 bits per heavy atom. The maximum Gasteiger partial charge on any atom is 0.336 e. The molecule has 102 valence electrons. The van der Waals surface area contributed by atoms with Crippen molar-refractivity contribution in [2.75, 3.05) is 0 Å². The number of carboxylic acids is 1. The number of thiophene rings is 1. The van der Waals surface area contributed by atoms with Crippen molar-refractivity contribution in [3.8, 4) is 0 Å². The van der Waals surface area contributed by atoms with Gasteiger partial charge in [-0.3, -0.25) is 4.68 Å². The summed E-state index contributed by atoms with van der Waals surface area (Å²) in [4.78, 5) is 10.7. The third kappa shape index (κ3) is 3.19. The van der Waals surface area contributed by atoms with Crippen molar-refractivity contribution in [1.82, 2.24) is 14.5 Å². The predicted molar refractivity (Wildman–Crippen MR) is 68.5 cm³/mol. The van der Waals surface area contributed by atoms with Crippen LogP contribution in [0.25, 0.3) is 0 Å². The van der Waals surface area contributed by atoms with Crippen LogP contribution in [0.5, 0.6) is 0 Å². The number of aromatic nitrogens is 2. The Morgan fingerprint density at radius 3 is 2.84 bits per heavy atom. The van der Waals surface area contributed by atoms with E-state index in [9.17, 15) is 13.2 Å². The van der Waals surface area contributed by atoms with Gasteiger partial charge in [0.2, 0.25) is 10.0 Å². The molecule has 2 aromatic rings. The summed E-state index contributed by atoms with van der Waals surface area (Å²) >= 11 is 0.868. The van der Waals surface area contributed by atoms with E-state index in [0.29, 0.717) is 5.69 Å². The van der Waals surface area contributed by atoms with Crippen LogP contribution in [0.1, 0.15) is 16.1 Å². The number of hydrogen-bond acceptors (Lipinski definition) is 5. The molecule has 0 aromatic carbocycles. The maximum absolute atomic E-state index is 11.9. The van der Waals surface area contributed by atoms with Crippen LogP contribution in [0.3, 0.4) is 0 Å². The van der Waals surface area contributed by atoms with Crippen molar-refractivity contribution in [3.05, 3.63) is 35.0 Å². The summed E-state index contributed by atoms with van der Waals surface area (Å²) in [5.74, 6) is -1.15. The standard InChI is InChI=1S/C10H11N3O4S2/c1-13-3-2-8(12-13)5-11-19(16,17)9-4-7(6-18-9)10(14)15/h2-4,6,11H,5H2,1H3,(H,14,15). The number of rotatable bonds is 5. The first-order chi connectivity index (χ1) is 8.88. The molecule has 0 spiro atoms. The van der Waals surface area contributed by atoms with Gasteiger partial charge >= 0.3 is 5.97 Å². The van der Waals surface area contributed by atoms with E-state index in [1.165, 1.54) is 5.38 Å². The van der Waals surface area contributed by atoms with Crippen LogP contribution >= 0.6 is 11.3 Å². The van der Waals surface area contributed by atoms with E-state index in [-0.39, 0.29) is 16.3 Å². The normalized spacial score (nSPS) is 11.6. The molecule has 0 aliphatic heterocycles. The van der Waals surface area contributed by atoms with Crippen LogP contribution in [-0.2, 0) is 23.6 Å². The summed E-state index contributed by atoms with van der Waals surface area (Å²) in [6, 6.07) is 2.83. The molecule has 0 aliphatic rings. The second-order valence-corrected chi connectivity index (χ2v) is 6.67. The van der Waals surface area contributed by atoms with Gasteiger partial charge in [0, 0.05) is 18.6 Å². The first-order valence-electron chi connectivity index (χ1n) is 5.18. The van der Waals surface area contributed by atoms with E-state index in [0.717, 1.165) is 17.4 Å². The average molecular weight is 301 g/mol. The van der Waals surface area contributed by atoms with Crippen LogP contribution in [0.4, 0.5) is 0 Å². The van der Waals surface area contributed by atoms with E-state index < -0.39 is 16.0 Å². The summed E-state index contributed by atoms with van der Waals surface area (Å²) in [5.41, 5.74) is 0.546. The number of sulfonamides is 1. The van der Waals surface area contributed by atoms with E-state index in [4.69, 9.17) is 5.11 Å². The molecule has 7 nitrogen and oxygen atoms in total. The first kappa shape index (κ1) is 13.7. The molecule has 2 rings (SSSR count). The monoisotopic (exact) mass is 301 g/mol. The van der Waals surface area contributed by atoms with E-state index in [1.807, 2.05) is 0 Å².